The smallest absolute Gasteiger partial charge is 0.233 e. The third-order valence-corrected chi connectivity index (χ3v) is 7.25. The van der Waals surface area contributed by atoms with E-state index in [1.165, 1.54) is 22.7 Å². The molecule has 9 heteroatoms. The van der Waals surface area contributed by atoms with Crippen LogP contribution < -0.4 is 10.6 Å². The number of nitrogens with zero attached hydrogens (tertiary/aromatic N) is 2. The second-order valence-electron chi connectivity index (χ2n) is 8.15. The molecule has 6 nitrogen and oxygen atoms in total. The fourth-order valence-corrected chi connectivity index (χ4v) is 5.64. The van der Waals surface area contributed by atoms with E-state index in [9.17, 15) is 14.0 Å². The van der Waals surface area contributed by atoms with Crippen molar-refractivity contribution in [3.05, 3.63) is 42.2 Å². The predicted molar refractivity (Wildman–Crippen MR) is 136 cm³/mol. The second-order valence-corrected chi connectivity index (χ2v) is 9.28. The van der Waals surface area contributed by atoms with Gasteiger partial charge in [0.25, 0.3) is 0 Å². The number of rotatable bonds is 9. The Bertz CT molecular complexity index is 867. The monoisotopic (exact) mass is 572 g/mol. The van der Waals surface area contributed by atoms with Crippen LogP contribution in [0.1, 0.15) is 19.8 Å². The van der Waals surface area contributed by atoms with Crippen molar-refractivity contribution in [2.24, 2.45) is 28.7 Å². The van der Waals surface area contributed by atoms with Crippen LogP contribution in [0.4, 0.5) is 4.39 Å². The fraction of sp³-hybridized carbons (Fsp3) is 0.522. The summed E-state index contributed by atoms with van der Waals surface area (Å²) in [6.07, 6.45) is 5.82. The Kier molecular flexibility index (Phi) is 8.98. The molecule has 4 atom stereocenters. The number of carbonyl (C=O) groups excluding carboxylic acids is 2. The van der Waals surface area contributed by atoms with Gasteiger partial charge in [-0.3, -0.25) is 19.5 Å². The Morgan fingerprint density at radius 1 is 1.16 bits per heavy atom. The Labute approximate surface area is 209 Å². The summed E-state index contributed by atoms with van der Waals surface area (Å²) in [6.45, 7) is 4.32. The minimum atomic E-state index is -0.202. The molecule has 2 aliphatic carbocycles. The van der Waals surface area contributed by atoms with Crippen LogP contribution in [0, 0.1) is 29.5 Å². The minimum Gasteiger partial charge on any atom is -0.357 e. The maximum atomic E-state index is 13.7. The van der Waals surface area contributed by atoms with Crippen molar-refractivity contribution < 1.29 is 14.0 Å². The Morgan fingerprint density at radius 3 is 2.50 bits per heavy atom. The van der Waals surface area contributed by atoms with E-state index < -0.39 is 0 Å². The molecule has 2 amide bonds. The number of allylic oxidation sites excluding steroid dienone is 2. The summed E-state index contributed by atoms with van der Waals surface area (Å²) < 4.78 is 13.7. The zero-order chi connectivity index (χ0) is 21.8. The number of guanidine groups is 1. The van der Waals surface area contributed by atoms with Crippen LogP contribution in [0.25, 0.3) is 0 Å². The number of amides is 2. The average molecular weight is 572 g/mol. The number of hydrogen-bond donors (Lipinski definition) is 2. The molecule has 1 heterocycles. The van der Waals surface area contributed by atoms with Gasteiger partial charge in [-0.15, -0.1) is 35.7 Å². The van der Waals surface area contributed by atoms with Gasteiger partial charge in [0.1, 0.15) is 5.82 Å². The summed E-state index contributed by atoms with van der Waals surface area (Å²) in [5.74, 6) is 1.46. The lowest BCUT2D eigenvalue weighted by atomic mass is 9.85. The largest absolute Gasteiger partial charge is 0.357 e. The lowest BCUT2D eigenvalue weighted by Gasteiger charge is -2.17. The van der Waals surface area contributed by atoms with E-state index in [1.54, 1.807) is 12.1 Å². The van der Waals surface area contributed by atoms with Crippen LogP contribution in [-0.4, -0.2) is 54.6 Å². The first kappa shape index (κ1) is 25.0. The lowest BCUT2D eigenvalue weighted by molar-refractivity contribution is -0.140. The topological polar surface area (TPSA) is 73.8 Å². The number of nitrogens with one attached hydrogen (secondary N) is 2. The van der Waals surface area contributed by atoms with Crippen molar-refractivity contribution in [2.75, 3.05) is 31.9 Å². The zero-order valence-corrected chi connectivity index (χ0v) is 21.3. The van der Waals surface area contributed by atoms with Crippen LogP contribution in [0.5, 0.6) is 0 Å². The minimum absolute atomic E-state index is 0. The molecular weight excluding hydrogens is 542 g/mol. The second kappa shape index (κ2) is 11.5. The lowest BCUT2D eigenvalue weighted by Crippen LogP contribution is -2.38. The Hall–Kier alpha value is -1.62. The van der Waals surface area contributed by atoms with E-state index in [0.29, 0.717) is 42.7 Å². The molecule has 1 saturated heterocycles. The number of halogens is 2. The molecular formula is C23H30FIN4O2S. The number of carbonyl (C=O) groups is 2. The molecule has 1 saturated carbocycles. The van der Waals surface area contributed by atoms with Crippen LogP contribution in [0.15, 0.2) is 46.3 Å². The molecule has 2 N–H and O–H groups in total. The van der Waals surface area contributed by atoms with Crippen molar-refractivity contribution >= 4 is 53.5 Å². The molecule has 3 aliphatic rings. The summed E-state index contributed by atoms with van der Waals surface area (Å²) in [5.41, 5.74) is 0. The fourth-order valence-electron chi connectivity index (χ4n) is 4.84. The maximum Gasteiger partial charge on any atom is 0.233 e. The highest BCUT2D eigenvalue weighted by Crippen LogP contribution is 2.52. The highest BCUT2D eigenvalue weighted by molar-refractivity contribution is 14.0. The number of likely N-dealkylation sites (tertiary alicyclic amines) is 1. The van der Waals surface area contributed by atoms with Gasteiger partial charge >= 0.3 is 0 Å². The van der Waals surface area contributed by atoms with Crippen LogP contribution >= 0.6 is 35.7 Å². The molecule has 2 fully saturated rings. The summed E-state index contributed by atoms with van der Waals surface area (Å²) >= 11 is 1.46. The summed E-state index contributed by atoms with van der Waals surface area (Å²) in [6, 6.07) is 6.75. The first-order valence-corrected chi connectivity index (χ1v) is 12.0. The summed E-state index contributed by atoms with van der Waals surface area (Å²) in [4.78, 5) is 32.1. The van der Waals surface area contributed by atoms with E-state index in [2.05, 4.69) is 27.8 Å². The first-order chi connectivity index (χ1) is 15.1. The van der Waals surface area contributed by atoms with E-state index in [1.807, 2.05) is 13.0 Å². The molecule has 4 rings (SSSR count). The highest BCUT2D eigenvalue weighted by atomic mass is 127. The first-order valence-electron chi connectivity index (χ1n) is 11.0. The average Bonchev–Trinajstić information content (AvgIpc) is 3.44. The van der Waals surface area contributed by atoms with Gasteiger partial charge in [0, 0.05) is 36.8 Å². The van der Waals surface area contributed by atoms with Gasteiger partial charge in [-0.05, 0) is 43.7 Å². The third kappa shape index (κ3) is 5.30. The van der Waals surface area contributed by atoms with Crippen molar-refractivity contribution in [2.45, 2.75) is 24.7 Å². The summed E-state index contributed by atoms with van der Waals surface area (Å²) in [7, 11) is 0. The number of hydrogen-bond acceptors (Lipinski definition) is 4. The molecule has 32 heavy (non-hydrogen) atoms. The summed E-state index contributed by atoms with van der Waals surface area (Å²) in [5, 5.41) is 6.44. The number of thioether (sulfide) groups is 1. The van der Waals surface area contributed by atoms with Gasteiger partial charge in [-0.2, -0.15) is 0 Å². The van der Waals surface area contributed by atoms with Crippen LogP contribution in [0.3, 0.4) is 0 Å². The number of aliphatic imine (C=N–C) groups is 1. The van der Waals surface area contributed by atoms with Gasteiger partial charge in [-0.25, -0.2) is 4.39 Å². The van der Waals surface area contributed by atoms with Crippen molar-refractivity contribution in [1.82, 2.24) is 15.5 Å². The number of benzene rings is 1. The molecule has 1 aromatic rings. The van der Waals surface area contributed by atoms with Crippen molar-refractivity contribution in [3.8, 4) is 0 Å². The molecule has 0 aromatic heterocycles. The van der Waals surface area contributed by atoms with Gasteiger partial charge in [0.05, 0.1) is 11.8 Å². The van der Waals surface area contributed by atoms with E-state index in [0.717, 1.165) is 13.0 Å². The van der Waals surface area contributed by atoms with Gasteiger partial charge in [0.2, 0.25) is 11.8 Å². The van der Waals surface area contributed by atoms with E-state index >= 15 is 0 Å². The molecule has 0 spiro atoms. The quantitative estimate of drug-likeness (QED) is 0.0905. The zero-order valence-electron chi connectivity index (χ0n) is 18.1. The molecule has 0 radical (unpaired) electrons. The molecule has 174 valence electrons. The predicted octanol–water partition coefficient (Wildman–Crippen LogP) is 3.29. The Balaban J connectivity index is 0.00000289. The third-order valence-electron chi connectivity index (χ3n) is 6.20. The van der Waals surface area contributed by atoms with E-state index in [4.69, 9.17) is 0 Å². The van der Waals surface area contributed by atoms with Crippen LogP contribution in [0.2, 0.25) is 0 Å². The molecule has 1 aliphatic heterocycles. The maximum absolute atomic E-state index is 13.7. The number of fused-ring (bicyclic) bond motifs is 5. The SMILES string of the molecule is CCNC(=NCCCN1C(=O)C2C3C=CC(C3)C2C1=O)NCCSc1ccccc1F.I. The molecule has 2 bridgehead atoms. The van der Waals surface area contributed by atoms with Crippen LogP contribution in [-0.2, 0) is 9.59 Å². The van der Waals surface area contributed by atoms with E-state index in [-0.39, 0.29) is 65.3 Å². The van der Waals surface area contributed by atoms with Crippen molar-refractivity contribution in [3.63, 3.8) is 0 Å². The molecule has 4 unspecified atom stereocenters. The van der Waals surface area contributed by atoms with Gasteiger partial charge in [-0.1, -0.05) is 24.3 Å². The van der Waals surface area contributed by atoms with Crippen molar-refractivity contribution in [1.29, 1.82) is 0 Å². The number of imide groups is 1. The molecule has 1 aromatic carbocycles. The highest BCUT2D eigenvalue weighted by Gasteiger charge is 2.58. The standard InChI is InChI=1S/C23H29FN4O2S.HI/c1-2-25-23(27-11-13-31-18-7-4-3-6-17(18)24)26-10-5-12-28-21(29)19-15-8-9-16(14-15)20(19)22(28)30;/h3-4,6-9,15-16,19-20H,2,5,10-14H2,1H3,(H2,25,26,27);1H. The normalized spacial score (nSPS) is 25.8. The van der Waals surface area contributed by atoms with Gasteiger partial charge < -0.3 is 10.6 Å². The Morgan fingerprint density at radius 2 is 1.84 bits per heavy atom. The van der Waals surface area contributed by atoms with Gasteiger partial charge in [0.15, 0.2) is 5.96 Å².